The standard InChI is InChI=1S/C19H20N4O3/c24-18(7-6-13-11-20-16-5-2-1-4-15(13)16)22-8-3-9-23-14(12-22)10-17(21-23)19(25)26/h1-2,4-5,10-11,20H,3,6-9,12H2,(H,25,26). The molecular formula is C19H20N4O3. The molecule has 0 radical (unpaired) electrons. The maximum atomic E-state index is 12.7. The van der Waals surface area contributed by atoms with Gasteiger partial charge in [0.1, 0.15) is 0 Å². The number of carboxylic acids is 1. The second-order valence-electron chi connectivity index (χ2n) is 6.58. The highest BCUT2D eigenvalue weighted by Crippen LogP contribution is 2.20. The zero-order valence-corrected chi connectivity index (χ0v) is 14.3. The maximum absolute atomic E-state index is 12.7. The van der Waals surface area contributed by atoms with Gasteiger partial charge < -0.3 is 15.0 Å². The summed E-state index contributed by atoms with van der Waals surface area (Å²) in [5.74, 6) is -0.954. The smallest absolute Gasteiger partial charge is 0.356 e. The topological polar surface area (TPSA) is 91.2 Å². The lowest BCUT2D eigenvalue weighted by Gasteiger charge is -2.20. The number of aromatic carboxylic acids is 1. The van der Waals surface area contributed by atoms with E-state index in [1.54, 1.807) is 15.6 Å². The summed E-state index contributed by atoms with van der Waals surface area (Å²) in [5, 5.41) is 14.3. The fourth-order valence-electron chi connectivity index (χ4n) is 3.52. The first-order valence-electron chi connectivity index (χ1n) is 8.74. The van der Waals surface area contributed by atoms with Crippen molar-refractivity contribution in [2.24, 2.45) is 0 Å². The molecule has 7 heteroatoms. The van der Waals surface area contributed by atoms with E-state index in [4.69, 9.17) is 5.11 Å². The van der Waals surface area contributed by atoms with E-state index in [0.717, 1.165) is 28.6 Å². The van der Waals surface area contributed by atoms with Gasteiger partial charge in [-0.2, -0.15) is 5.10 Å². The lowest BCUT2D eigenvalue weighted by Crippen LogP contribution is -2.30. The minimum absolute atomic E-state index is 0.0353. The number of nitrogens with one attached hydrogen (secondary N) is 1. The summed E-state index contributed by atoms with van der Waals surface area (Å²) in [5.41, 5.74) is 3.03. The molecule has 1 aliphatic heterocycles. The molecule has 0 fully saturated rings. The number of para-hydroxylation sites is 1. The average Bonchev–Trinajstić information content (AvgIpc) is 3.18. The Morgan fingerprint density at radius 3 is 2.92 bits per heavy atom. The molecule has 1 amide bonds. The number of hydrogen-bond acceptors (Lipinski definition) is 3. The third-order valence-corrected chi connectivity index (χ3v) is 4.87. The van der Waals surface area contributed by atoms with Crippen molar-refractivity contribution in [2.75, 3.05) is 6.54 Å². The molecule has 0 saturated heterocycles. The van der Waals surface area contributed by atoms with Crippen molar-refractivity contribution in [1.29, 1.82) is 0 Å². The molecule has 0 bridgehead atoms. The van der Waals surface area contributed by atoms with Gasteiger partial charge in [0.05, 0.1) is 12.2 Å². The zero-order chi connectivity index (χ0) is 18.1. The van der Waals surface area contributed by atoms with Crippen LogP contribution in [0.2, 0.25) is 0 Å². The maximum Gasteiger partial charge on any atom is 0.356 e. The summed E-state index contributed by atoms with van der Waals surface area (Å²) >= 11 is 0. The van der Waals surface area contributed by atoms with Crippen LogP contribution in [0.15, 0.2) is 36.5 Å². The van der Waals surface area contributed by atoms with E-state index >= 15 is 0 Å². The fraction of sp³-hybridized carbons (Fsp3) is 0.316. The van der Waals surface area contributed by atoms with E-state index in [0.29, 0.717) is 32.5 Å². The molecule has 3 heterocycles. The Balaban J connectivity index is 1.45. The van der Waals surface area contributed by atoms with E-state index in [1.807, 2.05) is 24.4 Å². The number of carbonyl (C=O) groups excluding carboxylic acids is 1. The number of fused-ring (bicyclic) bond motifs is 2. The van der Waals surface area contributed by atoms with Crippen molar-refractivity contribution in [3.05, 3.63) is 53.5 Å². The monoisotopic (exact) mass is 352 g/mol. The number of rotatable bonds is 4. The third kappa shape index (κ3) is 3.08. The van der Waals surface area contributed by atoms with Crippen molar-refractivity contribution >= 4 is 22.8 Å². The number of H-pyrrole nitrogens is 1. The number of aromatic amines is 1. The minimum Gasteiger partial charge on any atom is -0.476 e. The fourth-order valence-corrected chi connectivity index (χ4v) is 3.52. The summed E-state index contributed by atoms with van der Waals surface area (Å²) in [6.45, 7) is 1.71. The van der Waals surface area contributed by atoms with Crippen LogP contribution in [0.1, 0.15) is 34.6 Å². The second-order valence-corrected chi connectivity index (χ2v) is 6.58. The summed E-state index contributed by atoms with van der Waals surface area (Å²) in [6, 6.07) is 9.63. The van der Waals surface area contributed by atoms with Gasteiger partial charge >= 0.3 is 5.97 Å². The average molecular weight is 352 g/mol. The van der Waals surface area contributed by atoms with Crippen LogP contribution >= 0.6 is 0 Å². The van der Waals surface area contributed by atoms with Crippen LogP contribution in [0.5, 0.6) is 0 Å². The van der Waals surface area contributed by atoms with Crippen molar-refractivity contribution < 1.29 is 14.7 Å². The number of aryl methyl sites for hydroxylation is 2. The quantitative estimate of drug-likeness (QED) is 0.754. The third-order valence-electron chi connectivity index (χ3n) is 4.87. The summed E-state index contributed by atoms with van der Waals surface area (Å²) in [7, 11) is 0. The number of hydrogen-bond donors (Lipinski definition) is 2. The van der Waals surface area contributed by atoms with Gasteiger partial charge in [0.25, 0.3) is 0 Å². The van der Waals surface area contributed by atoms with Crippen molar-refractivity contribution in [2.45, 2.75) is 32.4 Å². The predicted molar refractivity (Wildman–Crippen MR) is 95.8 cm³/mol. The Labute approximate surface area is 150 Å². The number of carboxylic acid groups (broad SMARTS) is 1. The van der Waals surface area contributed by atoms with Crippen LogP contribution in [-0.2, 0) is 24.3 Å². The molecule has 7 nitrogen and oxygen atoms in total. The lowest BCUT2D eigenvalue weighted by molar-refractivity contribution is -0.131. The Kier molecular flexibility index (Phi) is 4.20. The highest BCUT2D eigenvalue weighted by atomic mass is 16.4. The molecule has 0 aliphatic carbocycles. The van der Waals surface area contributed by atoms with Crippen molar-refractivity contribution in [3.63, 3.8) is 0 Å². The van der Waals surface area contributed by atoms with Crippen LogP contribution in [0.3, 0.4) is 0 Å². The second kappa shape index (κ2) is 6.67. The summed E-state index contributed by atoms with van der Waals surface area (Å²) in [6.07, 6.45) is 3.85. The number of benzene rings is 1. The van der Waals surface area contributed by atoms with Crippen LogP contribution in [0.25, 0.3) is 10.9 Å². The molecule has 2 aromatic heterocycles. The molecule has 1 aromatic carbocycles. The first kappa shape index (κ1) is 16.4. The molecule has 1 aliphatic rings. The Morgan fingerprint density at radius 2 is 2.08 bits per heavy atom. The van der Waals surface area contributed by atoms with E-state index < -0.39 is 5.97 Å². The van der Waals surface area contributed by atoms with Gasteiger partial charge in [0.2, 0.25) is 5.91 Å². The highest BCUT2D eigenvalue weighted by Gasteiger charge is 2.22. The minimum atomic E-state index is -1.04. The van der Waals surface area contributed by atoms with E-state index in [-0.39, 0.29) is 11.6 Å². The Bertz CT molecular complexity index is 972. The molecule has 134 valence electrons. The van der Waals surface area contributed by atoms with Crippen LogP contribution in [-0.4, -0.2) is 43.2 Å². The molecule has 4 rings (SSSR count). The number of aromatic nitrogens is 3. The van der Waals surface area contributed by atoms with Gasteiger partial charge in [-0.1, -0.05) is 18.2 Å². The van der Waals surface area contributed by atoms with Crippen LogP contribution in [0.4, 0.5) is 0 Å². The van der Waals surface area contributed by atoms with E-state index in [1.165, 1.54) is 0 Å². The van der Waals surface area contributed by atoms with Gasteiger partial charge in [0, 0.05) is 36.6 Å². The van der Waals surface area contributed by atoms with Gasteiger partial charge in [0.15, 0.2) is 5.69 Å². The molecular weight excluding hydrogens is 332 g/mol. The molecule has 2 N–H and O–H groups in total. The molecule has 26 heavy (non-hydrogen) atoms. The number of carbonyl (C=O) groups is 2. The zero-order valence-electron chi connectivity index (χ0n) is 14.3. The number of amides is 1. The van der Waals surface area contributed by atoms with E-state index in [2.05, 4.69) is 16.1 Å². The Morgan fingerprint density at radius 1 is 1.23 bits per heavy atom. The highest BCUT2D eigenvalue weighted by molar-refractivity contribution is 5.85. The summed E-state index contributed by atoms with van der Waals surface area (Å²) in [4.78, 5) is 28.8. The van der Waals surface area contributed by atoms with Crippen LogP contribution in [0, 0.1) is 0 Å². The largest absolute Gasteiger partial charge is 0.476 e. The molecule has 0 atom stereocenters. The number of nitrogens with zero attached hydrogens (tertiary/aromatic N) is 3. The molecule has 0 saturated carbocycles. The predicted octanol–water partition coefficient (Wildman–Crippen LogP) is 2.43. The first-order valence-corrected chi connectivity index (χ1v) is 8.74. The van der Waals surface area contributed by atoms with Gasteiger partial charge in [-0.25, -0.2) is 4.79 Å². The normalized spacial score (nSPS) is 14.2. The lowest BCUT2D eigenvalue weighted by atomic mass is 10.1. The molecule has 0 spiro atoms. The molecule has 3 aromatic rings. The van der Waals surface area contributed by atoms with Gasteiger partial charge in [-0.3, -0.25) is 9.48 Å². The Hall–Kier alpha value is -3.09. The van der Waals surface area contributed by atoms with Gasteiger partial charge in [-0.15, -0.1) is 0 Å². The summed E-state index contributed by atoms with van der Waals surface area (Å²) < 4.78 is 1.70. The van der Waals surface area contributed by atoms with Crippen LogP contribution < -0.4 is 0 Å². The first-order chi connectivity index (χ1) is 12.6. The van der Waals surface area contributed by atoms with Gasteiger partial charge in [-0.05, 0) is 30.5 Å². The SMILES string of the molecule is O=C(O)c1cc2n(n1)CCCN(C(=O)CCc1c[nH]c3ccccc13)C2. The molecule has 0 unspecified atom stereocenters. The van der Waals surface area contributed by atoms with Crippen molar-refractivity contribution in [3.8, 4) is 0 Å². The van der Waals surface area contributed by atoms with E-state index in [9.17, 15) is 9.59 Å². The van der Waals surface area contributed by atoms with Crippen molar-refractivity contribution in [1.82, 2.24) is 19.7 Å².